The minimum Gasteiger partial charge on any atom is -0.471 e. The minimum absolute atomic E-state index is 0.0351. The molecule has 0 atom stereocenters. The second kappa shape index (κ2) is 10.1. The van der Waals surface area contributed by atoms with Crippen LogP contribution in [0.25, 0.3) is 0 Å². The number of hydrogen-bond acceptors (Lipinski definition) is 5. The first kappa shape index (κ1) is 22.4. The van der Waals surface area contributed by atoms with Crippen molar-refractivity contribution in [2.24, 2.45) is 5.92 Å². The Bertz CT molecular complexity index is 1040. The minimum atomic E-state index is -0.425. The summed E-state index contributed by atoms with van der Waals surface area (Å²) in [6.07, 6.45) is 3.14. The van der Waals surface area contributed by atoms with Gasteiger partial charge in [-0.1, -0.05) is 25.4 Å². The summed E-state index contributed by atoms with van der Waals surface area (Å²) < 4.78 is 8.69. The third kappa shape index (κ3) is 5.85. The molecule has 1 aromatic carbocycles. The van der Waals surface area contributed by atoms with Gasteiger partial charge in [0.05, 0.1) is 5.69 Å². The van der Waals surface area contributed by atoms with Crippen molar-refractivity contribution in [3.63, 3.8) is 0 Å². The average Bonchev–Trinajstić information content (AvgIpc) is 3.38. The maximum absolute atomic E-state index is 12.9. The third-order valence-corrected chi connectivity index (χ3v) is 4.59. The van der Waals surface area contributed by atoms with Crippen LogP contribution >= 0.6 is 11.6 Å². The predicted molar refractivity (Wildman–Crippen MR) is 117 cm³/mol. The molecule has 3 rings (SSSR count). The van der Waals surface area contributed by atoms with E-state index in [1.165, 1.54) is 10.9 Å². The van der Waals surface area contributed by atoms with Crippen molar-refractivity contribution in [3.8, 4) is 5.75 Å². The number of benzene rings is 1. The number of hydrogen-bond donors (Lipinski definition) is 2. The van der Waals surface area contributed by atoms with Crippen molar-refractivity contribution in [3.05, 3.63) is 59.1 Å². The molecular formula is C21H25ClN6O3. The fourth-order valence-electron chi connectivity index (χ4n) is 2.70. The highest BCUT2D eigenvalue weighted by Gasteiger charge is 2.21. The lowest BCUT2D eigenvalue weighted by molar-refractivity contribution is 0.0944. The molecule has 0 unspecified atom stereocenters. The summed E-state index contributed by atoms with van der Waals surface area (Å²) in [4.78, 5) is 25.4. The highest BCUT2D eigenvalue weighted by molar-refractivity contribution is 6.30. The average molecular weight is 445 g/mol. The van der Waals surface area contributed by atoms with Gasteiger partial charge in [-0.25, -0.2) is 4.68 Å². The number of carbonyl (C=O) groups excluding carboxylic acids is 2. The highest BCUT2D eigenvalue weighted by atomic mass is 35.5. The first-order valence-electron chi connectivity index (χ1n) is 9.94. The summed E-state index contributed by atoms with van der Waals surface area (Å²) in [6.45, 7) is 7.01. The van der Waals surface area contributed by atoms with Crippen LogP contribution in [0.3, 0.4) is 0 Å². The Morgan fingerprint density at radius 1 is 1.16 bits per heavy atom. The molecule has 164 valence electrons. The van der Waals surface area contributed by atoms with Crippen LogP contribution in [0.1, 0.15) is 41.7 Å². The maximum Gasteiger partial charge on any atom is 0.274 e. The molecule has 31 heavy (non-hydrogen) atoms. The largest absolute Gasteiger partial charge is 0.471 e. The van der Waals surface area contributed by atoms with E-state index in [0.717, 1.165) is 0 Å². The third-order valence-electron chi connectivity index (χ3n) is 4.34. The van der Waals surface area contributed by atoms with E-state index in [1.807, 2.05) is 20.8 Å². The van der Waals surface area contributed by atoms with Gasteiger partial charge in [-0.3, -0.25) is 14.3 Å². The second-order valence-corrected chi connectivity index (χ2v) is 7.68. The molecule has 0 aliphatic rings. The number of aromatic nitrogens is 4. The number of nitrogens with one attached hydrogen (secondary N) is 2. The first-order valence-corrected chi connectivity index (χ1v) is 10.3. The van der Waals surface area contributed by atoms with E-state index in [2.05, 4.69) is 20.8 Å². The maximum atomic E-state index is 12.9. The summed E-state index contributed by atoms with van der Waals surface area (Å²) in [5, 5.41) is 14.6. The molecule has 3 aromatic rings. The smallest absolute Gasteiger partial charge is 0.274 e. The van der Waals surface area contributed by atoms with Crippen molar-refractivity contribution < 1.29 is 14.3 Å². The topological polar surface area (TPSA) is 103 Å². The molecule has 0 spiro atoms. The van der Waals surface area contributed by atoms with Crippen LogP contribution in [0, 0.1) is 5.92 Å². The number of anilines is 1. The van der Waals surface area contributed by atoms with Crippen LogP contribution in [0.4, 0.5) is 5.69 Å². The Labute approximate surface area is 185 Å². The second-order valence-electron chi connectivity index (χ2n) is 7.25. The van der Waals surface area contributed by atoms with Crippen LogP contribution in [0.5, 0.6) is 5.75 Å². The van der Waals surface area contributed by atoms with Crippen LogP contribution in [0.2, 0.25) is 5.02 Å². The highest BCUT2D eigenvalue weighted by Crippen LogP contribution is 2.18. The number of ether oxygens (including phenoxy) is 1. The van der Waals surface area contributed by atoms with Gasteiger partial charge < -0.3 is 15.4 Å². The SMILES string of the molecule is CCn1cc(NC(=O)c2ccnn2COc2ccc(Cl)cc2)c(C(=O)NCC(C)C)n1. The summed E-state index contributed by atoms with van der Waals surface area (Å²) in [5.41, 5.74) is 0.783. The summed E-state index contributed by atoms with van der Waals surface area (Å²) in [7, 11) is 0. The van der Waals surface area contributed by atoms with Gasteiger partial charge in [0, 0.05) is 30.5 Å². The molecule has 2 heterocycles. The van der Waals surface area contributed by atoms with Gasteiger partial charge in [-0.15, -0.1) is 0 Å². The van der Waals surface area contributed by atoms with Gasteiger partial charge in [-0.05, 0) is 43.2 Å². The molecule has 0 saturated carbocycles. The van der Waals surface area contributed by atoms with Gasteiger partial charge in [-0.2, -0.15) is 10.2 Å². The van der Waals surface area contributed by atoms with Gasteiger partial charge in [0.2, 0.25) is 0 Å². The summed E-state index contributed by atoms with van der Waals surface area (Å²) >= 11 is 5.88. The quantitative estimate of drug-likeness (QED) is 0.526. The lowest BCUT2D eigenvalue weighted by Crippen LogP contribution is -2.29. The Kier molecular flexibility index (Phi) is 7.30. The summed E-state index contributed by atoms with van der Waals surface area (Å²) in [5.74, 6) is 0.131. The van der Waals surface area contributed by atoms with Crippen molar-refractivity contribution in [1.29, 1.82) is 0 Å². The first-order chi connectivity index (χ1) is 14.9. The monoisotopic (exact) mass is 444 g/mol. The Morgan fingerprint density at radius 3 is 2.58 bits per heavy atom. The molecule has 0 aliphatic carbocycles. The molecule has 2 aromatic heterocycles. The number of rotatable bonds is 9. The van der Waals surface area contributed by atoms with E-state index < -0.39 is 5.91 Å². The lowest BCUT2D eigenvalue weighted by Gasteiger charge is -2.10. The lowest BCUT2D eigenvalue weighted by atomic mass is 10.2. The zero-order valence-electron chi connectivity index (χ0n) is 17.6. The van der Waals surface area contributed by atoms with Gasteiger partial charge in [0.15, 0.2) is 12.4 Å². The number of nitrogens with zero attached hydrogens (tertiary/aromatic N) is 4. The van der Waals surface area contributed by atoms with Crippen LogP contribution in [-0.4, -0.2) is 37.9 Å². The molecule has 2 N–H and O–H groups in total. The van der Waals surface area contributed by atoms with E-state index in [1.54, 1.807) is 41.2 Å². The molecule has 0 bridgehead atoms. The van der Waals surface area contributed by atoms with Crippen molar-refractivity contribution >= 4 is 29.1 Å². The normalized spacial score (nSPS) is 10.9. The fraction of sp³-hybridized carbons (Fsp3) is 0.333. The van der Waals surface area contributed by atoms with E-state index in [4.69, 9.17) is 16.3 Å². The van der Waals surface area contributed by atoms with Crippen molar-refractivity contribution in [2.45, 2.75) is 34.0 Å². The Balaban J connectivity index is 1.72. The van der Waals surface area contributed by atoms with Crippen molar-refractivity contribution in [2.75, 3.05) is 11.9 Å². The zero-order valence-corrected chi connectivity index (χ0v) is 18.4. The molecular weight excluding hydrogens is 420 g/mol. The van der Waals surface area contributed by atoms with Gasteiger partial charge in [0.25, 0.3) is 11.8 Å². The Hall–Kier alpha value is -3.33. The van der Waals surface area contributed by atoms with Crippen molar-refractivity contribution in [1.82, 2.24) is 24.9 Å². The number of amides is 2. The molecule has 0 fully saturated rings. The Morgan fingerprint density at radius 2 is 1.90 bits per heavy atom. The summed E-state index contributed by atoms with van der Waals surface area (Å²) in [6, 6.07) is 8.46. The standard InChI is InChI=1S/C21H25ClN6O3/c1-4-27-12-17(19(26-27)21(30)23-11-14(2)3)25-20(29)18-9-10-24-28(18)13-31-16-7-5-15(22)6-8-16/h5-10,12,14H,4,11,13H2,1-3H3,(H,23,30)(H,25,29). The molecule has 0 aliphatic heterocycles. The number of carbonyl (C=O) groups is 2. The van der Waals surface area contributed by atoms with E-state index >= 15 is 0 Å². The number of aryl methyl sites for hydroxylation is 1. The fourth-order valence-corrected chi connectivity index (χ4v) is 2.83. The zero-order chi connectivity index (χ0) is 22.4. The van der Waals surface area contributed by atoms with E-state index in [9.17, 15) is 9.59 Å². The van der Waals surface area contributed by atoms with Crippen LogP contribution in [-0.2, 0) is 13.3 Å². The molecule has 0 saturated heterocycles. The van der Waals surface area contributed by atoms with Crippen LogP contribution < -0.4 is 15.4 Å². The van der Waals surface area contributed by atoms with E-state index in [-0.39, 0.29) is 24.0 Å². The van der Waals surface area contributed by atoms with Crippen LogP contribution in [0.15, 0.2) is 42.7 Å². The molecule has 9 nitrogen and oxygen atoms in total. The molecule has 10 heteroatoms. The van der Waals surface area contributed by atoms with Gasteiger partial charge >= 0.3 is 0 Å². The molecule has 2 amide bonds. The predicted octanol–water partition coefficient (Wildman–Crippen LogP) is 3.43. The molecule has 0 radical (unpaired) electrons. The van der Waals surface area contributed by atoms with Gasteiger partial charge in [0.1, 0.15) is 11.4 Å². The van der Waals surface area contributed by atoms with E-state index in [0.29, 0.717) is 35.5 Å². The number of halogens is 1.